The number of carbonyl (C=O) groups excluding carboxylic acids is 1. The van der Waals surface area contributed by atoms with Crippen LogP contribution in [-0.4, -0.2) is 78.9 Å². The maximum atomic E-state index is 13.1. The normalized spacial score (nSPS) is 22.4. The Labute approximate surface area is 190 Å². The summed E-state index contributed by atoms with van der Waals surface area (Å²) in [4.78, 5) is 19.6. The molecule has 5 rings (SSSR count). The molecule has 1 amide bonds. The summed E-state index contributed by atoms with van der Waals surface area (Å²) in [6.45, 7) is 8.07. The second-order valence-electron chi connectivity index (χ2n) is 9.38. The number of benzene rings is 2. The van der Waals surface area contributed by atoms with Gasteiger partial charge in [-0.25, -0.2) is 0 Å². The van der Waals surface area contributed by atoms with Crippen LogP contribution in [0.5, 0.6) is 0 Å². The fraction of sp³-hybridized carbons (Fsp3) is 0.500. The van der Waals surface area contributed by atoms with Crippen LogP contribution < -0.4 is 4.90 Å². The minimum atomic E-state index is -0.542. The fourth-order valence-corrected chi connectivity index (χ4v) is 5.27. The van der Waals surface area contributed by atoms with Gasteiger partial charge in [-0.05, 0) is 54.7 Å². The number of carbonyl (C=O) groups is 1. The molecule has 32 heavy (non-hydrogen) atoms. The van der Waals surface area contributed by atoms with E-state index in [0.717, 1.165) is 56.8 Å². The topological polar surface area (TPSA) is 56.2 Å². The van der Waals surface area contributed by atoms with Gasteiger partial charge in [-0.15, -0.1) is 0 Å². The summed E-state index contributed by atoms with van der Waals surface area (Å²) in [6, 6.07) is 14.7. The van der Waals surface area contributed by atoms with Crippen molar-refractivity contribution < 1.29 is 14.6 Å². The largest absolute Gasteiger partial charge is 0.390 e. The zero-order valence-electron chi connectivity index (χ0n) is 18.9. The number of hydrogen-bond acceptors (Lipinski definition) is 5. The van der Waals surface area contributed by atoms with Gasteiger partial charge in [0.05, 0.1) is 18.8 Å². The van der Waals surface area contributed by atoms with Crippen LogP contribution in [-0.2, 0) is 24.1 Å². The van der Waals surface area contributed by atoms with Gasteiger partial charge in [0, 0.05) is 57.1 Å². The monoisotopic (exact) mass is 435 g/mol. The van der Waals surface area contributed by atoms with E-state index in [1.54, 1.807) is 0 Å². The van der Waals surface area contributed by atoms with E-state index >= 15 is 0 Å². The lowest BCUT2D eigenvalue weighted by molar-refractivity contribution is 0.0492. The smallest absolute Gasteiger partial charge is 0.254 e. The number of amides is 1. The van der Waals surface area contributed by atoms with Crippen molar-refractivity contribution in [3.8, 4) is 0 Å². The fourth-order valence-electron chi connectivity index (χ4n) is 5.27. The average molecular weight is 436 g/mol. The number of ether oxygens (including phenoxy) is 1. The van der Waals surface area contributed by atoms with Crippen molar-refractivity contribution in [3.63, 3.8) is 0 Å². The first-order chi connectivity index (χ1) is 15.6. The molecule has 1 unspecified atom stereocenters. The van der Waals surface area contributed by atoms with Crippen molar-refractivity contribution in [2.24, 2.45) is 0 Å². The van der Waals surface area contributed by atoms with Crippen molar-refractivity contribution in [1.29, 1.82) is 0 Å². The minimum absolute atomic E-state index is 0.0381. The molecule has 1 N–H and O–H groups in total. The number of fused-ring (bicyclic) bond motifs is 2. The molecule has 3 aliphatic heterocycles. The zero-order chi connectivity index (χ0) is 22.1. The minimum Gasteiger partial charge on any atom is -0.390 e. The van der Waals surface area contributed by atoms with Crippen molar-refractivity contribution in [3.05, 3.63) is 64.7 Å². The highest BCUT2D eigenvalue weighted by atomic mass is 16.5. The summed E-state index contributed by atoms with van der Waals surface area (Å²) in [5.41, 5.74) is 5.82. The van der Waals surface area contributed by atoms with Gasteiger partial charge < -0.3 is 19.6 Å². The summed E-state index contributed by atoms with van der Waals surface area (Å²) in [5.74, 6) is 0.0381. The standard InChI is InChI=1S/C26H33N3O3/c1-19-15-28(12-13-32-19)23-6-7-25-21(14-23)9-11-29(26(25)31)18-24(30)17-27-10-8-20-4-2-3-5-22(20)16-27/h2-7,14,19,24,30H,8-13,15-18H2,1H3/t19?,24-/m1/s1. The highest BCUT2D eigenvalue weighted by Crippen LogP contribution is 2.26. The van der Waals surface area contributed by atoms with Crippen LogP contribution in [0.3, 0.4) is 0 Å². The van der Waals surface area contributed by atoms with E-state index in [4.69, 9.17) is 4.74 Å². The number of aliphatic hydroxyl groups excluding tert-OH is 1. The molecule has 170 valence electrons. The number of aliphatic hydroxyl groups is 1. The van der Waals surface area contributed by atoms with Gasteiger partial charge >= 0.3 is 0 Å². The predicted octanol–water partition coefficient (Wildman–Crippen LogP) is 2.33. The Hall–Kier alpha value is -2.41. The first-order valence-corrected chi connectivity index (χ1v) is 11.8. The lowest BCUT2D eigenvalue weighted by Gasteiger charge is -2.35. The third-order valence-corrected chi connectivity index (χ3v) is 6.97. The van der Waals surface area contributed by atoms with E-state index in [2.05, 4.69) is 53.1 Å². The highest BCUT2D eigenvalue weighted by Gasteiger charge is 2.28. The quantitative estimate of drug-likeness (QED) is 0.781. The third kappa shape index (κ3) is 4.53. The first-order valence-electron chi connectivity index (χ1n) is 11.8. The molecule has 0 radical (unpaired) electrons. The first kappa shape index (κ1) is 21.4. The van der Waals surface area contributed by atoms with Gasteiger partial charge in [0.1, 0.15) is 0 Å². The molecule has 0 spiro atoms. The van der Waals surface area contributed by atoms with Crippen LogP contribution in [0.25, 0.3) is 0 Å². The third-order valence-electron chi connectivity index (χ3n) is 6.97. The number of rotatable bonds is 5. The summed E-state index contributed by atoms with van der Waals surface area (Å²) in [6.07, 6.45) is 1.54. The van der Waals surface area contributed by atoms with E-state index in [1.165, 1.54) is 16.8 Å². The SMILES string of the molecule is CC1CN(c2ccc3c(c2)CCN(C[C@H](O)CN2CCc4ccccc4C2)C3=O)CCO1. The molecule has 6 nitrogen and oxygen atoms in total. The van der Waals surface area contributed by atoms with E-state index < -0.39 is 6.10 Å². The Kier molecular flexibility index (Phi) is 6.17. The van der Waals surface area contributed by atoms with Gasteiger partial charge in [0.15, 0.2) is 0 Å². The highest BCUT2D eigenvalue weighted by molar-refractivity contribution is 5.97. The van der Waals surface area contributed by atoms with Crippen LogP contribution in [0, 0.1) is 0 Å². The summed E-state index contributed by atoms with van der Waals surface area (Å²) in [7, 11) is 0. The molecular formula is C26H33N3O3. The maximum Gasteiger partial charge on any atom is 0.254 e. The molecule has 0 aromatic heterocycles. The maximum absolute atomic E-state index is 13.1. The lowest BCUT2D eigenvalue weighted by Crippen LogP contribution is -2.46. The molecule has 2 atom stereocenters. The zero-order valence-corrected chi connectivity index (χ0v) is 18.9. The van der Waals surface area contributed by atoms with Gasteiger partial charge in [0.2, 0.25) is 0 Å². The Balaban J connectivity index is 1.19. The van der Waals surface area contributed by atoms with Crippen molar-refractivity contribution in [2.75, 3.05) is 50.8 Å². The Bertz CT molecular complexity index is 979. The molecule has 0 saturated carbocycles. The molecule has 2 aromatic carbocycles. The number of hydrogen-bond donors (Lipinski definition) is 1. The van der Waals surface area contributed by atoms with Crippen molar-refractivity contribution in [2.45, 2.75) is 38.5 Å². The summed E-state index contributed by atoms with van der Waals surface area (Å²) < 4.78 is 5.65. The van der Waals surface area contributed by atoms with Crippen molar-refractivity contribution >= 4 is 11.6 Å². The van der Waals surface area contributed by atoms with Gasteiger partial charge in [0.25, 0.3) is 5.91 Å². The van der Waals surface area contributed by atoms with Gasteiger partial charge in [-0.1, -0.05) is 24.3 Å². The number of nitrogens with zero attached hydrogens (tertiary/aromatic N) is 3. The Morgan fingerprint density at radius 1 is 1.03 bits per heavy atom. The second kappa shape index (κ2) is 9.22. The summed E-state index contributed by atoms with van der Waals surface area (Å²) >= 11 is 0. The predicted molar refractivity (Wildman–Crippen MR) is 125 cm³/mol. The van der Waals surface area contributed by atoms with Crippen LogP contribution in [0.15, 0.2) is 42.5 Å². The van der Waals surface area contributed by atoms with E-state index in [9.17, 15) is 9.90 Å². The van der Waals surface area contributed by atoms with Crippen molar-refractivity contribution in [1.82, 2.24) is 9.80 Å². The molecule has 6 heteroatoms. The van der Waals surface area contributed by atoms with E-state index in [0.29, 0.717) is 19.6 Å². The Morgan fingerprint density at radius 3 is 2.69 bits per heavy atom. The molecule has 0 aliphatic carbocycles. The molecule has 0 bridgehead atoms. The number of β-amino-alcohol motifs (C(OH)–C–C–N with tert-alkyl or cyclic N) is 1. The lowest BCUT2D eigenvalue weighted by atomic mass is 9.97. The van der Waals surface area contributed by atoms with Gasteiger partial charge in [-0.2, -0.15) is 0 Å². The second-order valence-corrected chi connectivity index (χ2v) is 9.38. The van der Waals surface area contributed by atoms with Crippen LogP contribution in [0.1, 0.15) is 34.0 Å². The number of morpholine rings is 1. The van der Waals surface area contributed by atoms with Gasteiger partial charge in [-0.3, -0.25) is 9.69 Å². The van der Waals surface area contributed by atoms with E-state index in [1.807, 2.05) is 11.0 Å². The molecule has 1 fully saturated rings. The molecule has 3 aliphatic rings. The number of anilines is 1. The molecule has 3 heterocycles. The molecule has 1 saturated heterocycles. The Morgan fingerprint density at radius 2 is 1.84 bits per heavy atom. The van der Waals surface area contributed by atoms with Crippen LogP contribution in [0.2, 0.25) is 0 Å². The summed E-state index contributed by atoms with van der Waals surface area (Å²) in [5, 5.41) is 10.8. The molecule has 2 aromatic rings. The van der Waals surface area contributed by atoms with E-state index in [-0.39, 0.29) is 12.0 Å². The average Bonchev–Trinajstić information content (AvgIpc) is 2.80. The van der Waals surface area contributed by atoms with Crippen LogP contribution >= 0.6 is 0 Å². The van der Waals surface area contributed by atoms with Crippen LogP contribution in [0.4, 0.5) is 5.69 Å². The molecular weight excluding hydrogens is 402 g/mol.